The van der Waals surface area contributed by atoms with Gasteiger partial charge in [-0.15, -0.1) is 11.8 Å². The maximum atomic E-state index is 13.2. The van der Waals surface area contributed by atoms with E-state index in [1.54, 1.807) is 6.92 Å². The Kier molecular flexibility index (Phi) is 4.43. The maximum Gasteiger partial charge on any atom is 0.417 e. The lowest BCUT2D eigenvalue weighted by Gasteiger charge is -2.28. The average molecular weight is 381 g/mol. The molecule has 5 nitrogen and oxygen atoms in total. The van der Waals surface area contributed by atoms with Crippen molar-refractivity contribution in [1.29, 1.82) is 0 Å². The van der Waals surface area contributed by atoms with Crippen molar-refractivity contribution in [2.45, 2.75) is 24.0 Å². The minimum atomic E-state index is -4.70. The Morgan fingerprint density at radius 3 is 2.79 bits per heavy atom. The molecule has 3 rings (SSSR count). The van der Waals surface area contributed by atoms with E-state index in [2.05, 4.69) is 4.98 Å². The zero-order valence-electron chi connectivity index (χ0n) is 12.4. The number of nitrogens with one attached hydrogen (secondary N) is 1. The SMILES string of the molecule is CCOC[C@H]1CSc2c(Cl)c(C(F)(F)F)cc3c(=O)[nH]c(=O)n1c23. The second kappa shape index (κ2) is 6.12. The number of H-pyrrole nitrogens is 1. The molecule has 0 unspecified atom stereocenters. The Morgan fingerprint density at radius 1 is 1.46 bits per heavy atom. The third kappa shape index (κ3) is 2.74. The molecule has 0 bridgehead atoms. The Hall–Kier alpha value is -1.45. The summed E-state index contributed by atoms with van der Waals surface area (Å²) in [6.07, 6.45) is -4.70. The highest BCUT2D eigenvalue weighted by Gasteiger charge is 2.37. The molecule has 0 aliphatic carbocycles. The van der Waals surface area contributed by atoms with Gasteiger partial charge >= 0.3 is 11.9 Å². The fourth-order valence-corrected chi connectivity index (χ4v) is 4.28. The second-order valence-corrected chi connectivity index (χ2v) is 6.62. The summed E-state index contributed by atoms with van der Waals surface area (Å²) in [5.41, 5.74) is -2.51. The van der Waals surface area contributed by atoms with Crippen LogP contribution in [-0.2, 0) is 10.9 Å². The van der Waals surface area contributed by atoms with Gasteiger partial charge in [-0.1, -0.05) is 11.6 Å². The van der Waals surface area contributed by atoms with Crippen LogP contribution in [0, 0.1) is 0 Å². The lowest BCUT2D eigenvalue weighted by Crippen LogP contribution is -2.37. The van der Waals surface area contributed by atoms with Crippen LogP contribution in [0.5, 0.6) is 0 Å². The van der Waals surface area contributed by atoms with Gasteiger partial charge in [0.2, 0.25) is 0 Å². The molecule has 0 spiro atoms. The molecule has 130 valence electrons. The highest BCUT2D eigenvalue weighted by atomic mass is 35.5. The Bertz CT molecular complexity index is 923. The lowest BCUT2D eigenvalue weighted by molar-refractivity contribution is -0.137. The van der Waals surface area contributed by atoms with E-state index < -0.39 is 34.1 Å². The van der Waals surface area contributed by atoms with Crippen molar-refractivity contribution in [3.05, 3.63) is 37.5 Å². The van der Waals surface area contributed by atoms with Crippen molar-refractivity contribution in [2.24, 2.45) is 0 Å². The number of rotatable bonds is 3. The first-order valence-corrected chi connectivity index (χ1v) is 8.40. The standard InChI is InChI=1S/C14H12ClF3N2O3S/c1-2-23-4-6-5-24-11-9(15)8(14(16,17)18)3-7-10(11)20(6)13(22)19-12(7)21/h3,6H,2,4-5H2,1H3,(H,19,21,22)/t6-/m0/s1. The number of ether oxygens (including phenoxy) is 1. The van der Waals surface area contributed by atoms with Crippen LogP contribution in [0.15, 0.2) is 20.6 Å². The molecule has 0 saturated heterocycles. The van der Waals surface area contributed by atoms with Crippen LogP contribution in [0.1, 0.15) is 18.5 Å². The number of aromatic nitrogens is 2. The van der Waals surface area contributed by atoms with Gasteiger partial charge in [0.15, 0.2) is 0 Å². The van der Waals surface area contributed by atoms with Crippen molar-refractivity contribution in [2.75, 3.05) is 19.0 Å². The predicted octanol–water partition coefficient (Wildman–Crippen LogP) is 3.05. The predicted molar refractivity (Wildman–Crippen MR) is 85.1 cm³/mol. The third-order valence-corrected chi connectivity index (χ3v) is 5.47. The van der Waals surface area contributed by atoms with Crippen LogP contribution < -0.4 is 11.2 Å². The first kappa shape index (κ1) is 17.4. The molecule has 1 atom stereocenters. The summed E-state index contributed by atoms with van der Waals surface area (Å²) in [5, 5.41) is -0.705. The molecule has 0 saturated carbocycles. The van der Waals surface area contributed by atoms with Crippen molar-refractivity contribution in [3.63, 3.8) is 0 Å². The van der Waals surface area contributed by atoms with Gasteiger partial charge in [0.1, 0.15) is 0 Å². The van der Waals surface area contributed by atoms with E-state index in [9.17, 15) is 22.8 Å². The van der Waals surface area contributed by atoms with Gasteiger partial charge in [-0.3, -0.25) is 14.3 Å². The normalized spacial score (nSPS) is 17.5. The van der Waals surface area contributed by atoms with Crippen LogP contribution in [0.4, 0.5) is 13.2 Å². The molecule has 1 aliphatic heterocycles. The van der Waals surface area contributed by atoms with E-state index in [0.717, 1.165) is 11.8 Å². The minimum absolute atomic E-state index is 0.0949. The fourth-order valence-electron chi connectivity index (χ4n) is 2.68. The molecular formula is C14H12ClF3N2O3S. The number of nitrogens with zero attached hydrogens (tertiary/aromatic N) is 1. The van der Waals surface area contributed by atoms with Crippen LogP contribution in [0.3, 0.4) is 0 Å². The summed E-state index contributed by atoms with van der Waals surface area (Å²) < 4.78 is 46.1. The molecule has 0 radical (unpaired) electrons. The Labute approximate surface area is 142 Å². The summed E-state index contributed by atoms with van der Waals surface area (Å²) in [6, 6.07) is 0.293. The van der Waals surface area contributed by atoms with E-state index in [1.165, 1.54) is 4.57 Å². The molecule has 24 heavy (non-hydrogen) atoms. The summed E-state index contributed by atoms with van der Waals surface area (Å²) in [4.78, 5) is 26.4. The van der Waals surface area contributed by atoms with Crippen molar-refractivity contribution in [3.8, 4) is 0 Å². The number of aromatic amines is 1. The van der Waals surface area contributed by atoms with Gasteiger partial charge in [0.05, 0.1) is 39.0 Å². The maximum absolute atomic E-state index is 13.2. The van der Waals surface area contributed by atoms with Crippen molar-refractivity contribution >= 4 is 34.3 Å². The topological polar surface area (TPSA) is 64.1 Å². The van der Waals surface area contributed by atoms with Gasteiger partial charge < -0.3 is 4.74 Å². The molecule has 2 heterocycles. The third-order valence-electron chi connectivity index (χ3n) is 3.72. The summed E-state index contributed by atoms with van der Waals surface area (Å²) in [6.45, 7) is 2.44. The molecule has 10 heteroatoms. The Morgan fingerprint density at radius 2 is 2.17 bits per heavy atom. The number of halogens is 4. The van der Waals surface area contributed by atoms with E-state index in [-0.39, 0.29) is 22.4 Å². The number of alkyl halides is 3. The van der Waals surface area contributed by atoms with Crippen molar-refractivity contribution < 1.29 is 17.9 Å². The van der Waals surface area contributed by atoms with E-state index in [0.29, 0.717) is 18.4 Å². The van der Waals surface area contributed by atoms with Gasteiger partial charge in [-0.2, -0.15) is 13.2 Å². The summed E-state index contributed by atoms with van der Waals surface area (Å²) >= 11 is 7.03. The van der Waals surface area contributed by atoms with Crippen LogP contribution in [-0.4, -0.2) is 28.5 Å². The zero-order valence-corrected chi connectivity index (χ0v) is 13.9. The van der Waals surface area contributed by atoms with E-state index in [1.807, 2.05) is 0 Å². The van der Waals surface area contributed by atoms with Gasteiger partial charge in [0.25, 0.3) is 5.56 Å². The molecule has 0 fully saturated rings. The van der Waals surface area contributed by atoms with Crippen molar-refractivity contribution in [1.82, 2.24) is 9.55 Å². The molecular weight excluding hydrogens is 369 g/mol. The molecule has 1 aliphatic rings. The minimum Gasteiger partial charge on any atom is -0.380 e. The first-order chi connectivity index (χ1) is 11.3. The smallest absolute Gasteiger partial charge is 0.380 e. The summed E-state index contributed by atoms with van der Waals surface area (Å²) in [7, 11) is 0. The fraction of sp³-hybridized carbons (Fsp3) is 0.429. The van der Waals surface area contributed by atoms with Gasteiger partial charge in [-0.05, 0) is 13.0 Å². The number of thioether (sulfide) groups is 1. The van der Waals surface area contributed by atoms with Gasteiger partial charge in [-0.25, -0.2) is 4.79 Å². The van der Waals surface area contributed by atoms with E-state index in [4.69, 9.17) is 16.3 Å². The zero-order chi connectivity index (χ0) is 17.6. The Balaban J connectivity index is 2.38. The average Bonchev–Trinajstić information content (AvgIpc) is 2.50. The second-order valence-electron chi connectivity index (χ2n) is 5.21. The lowest BCUT2D eigenvalue weighted by atomic mass is 10.1. The largest absolute Gasteiger partial charge is 0.417 e. The quantitative estimate of drug-likeness (QED) is 0.889. The van der Waals surface area contributed by atoms with Crippen LogP contribution >= 0.6 is 23.4 Å². The van der Waals surface area contributed by atoms with Crippen LogP contribution in [0.25, 0.3) is 10.9 Å². The number of hydrogen-bond acceptors (Lipinski definition) is 4. The highest BCUT2D eigenvalue weighted by Crippen LogP contribution is 2.45. The van der Waals surface area contributed by atoms with E-state index >= 15 is 0 Å². The molecule has 1 aromatic heterocycles. The molecule has 1 N–H and O–H groups in total. The van der Waals surface area contributed by atoms with Crippen LogP contribution in [0.2, 0.25) is 5.02 Å². The number of benzene rings is 1. The monoisotopic (exact) mass is 380 g/mol. The summed E-state index contributed by atoms with van der Waals surface area (Å²) in [5.74, 6) is 0.315. The highest BCUT2D eigenvalue weighted by molar-refractivity contribution is 7.99. The molecule has 1 aromatic carbocycles. The molecule has 0 amide bonds. The van der Waals surface area contributed by atoms with Gasteiger partial charge in [0, 0.05) is 12.4 Å². The first-order valence-electron chi connectivity index (χ1n) is 7.04. The number of hydrogen-bond donors (Lipinski definition) is 1. The molecule has 2 aromatic rings.